The van der Waals surface area contributed by atoms with Gasteiger partial charge in [0.1, 0.15) is 23.0 Å². The number of hydrogen-bond donors (Lipinski definition) is 4. The summed E-state index contributed by atoms with van der Waals surface area (Å²) in [5.41, 5.74) is -2.08. The Labute approximate surface area is 331 Å². The van der Waals surface area contributed by atoms with Gasteiger partial charge < -0.3 is 25.4 Å². The number of amides is 5. The zero-order chi connectivity index (χ0) is 41.4. The van der Waals surface area contributed by atoms with Crippen LogP contribution in [0.1, 0.15) is 114 Å². The molecule has 2 aliphatic heterocycles. The zero-order valence-electron chi connectivity index (χ0n) is 32.6. The Morgan fingerprint density at radius 2 is 1.75 bits per heavy atom. The molecule has 0 aromatic heterocycles. The van der Waals surface area contributed by atoms with E-state index in [1.807, 2.05) is 6.08 Å². The van der Waals surface area contributed by atoms with E-state index in [0.717, 1.165) is 30.6 Å². The van der Waals surface area contributed by atoms with E-state index in [1.165, 1.54) is 29.2 Å². The maximum atomic E-state index is 16.5. The van der Waals surface area contributed by atoms with Crippen LogP contribution >= 0.6 is 0 Å². The first-order chi connectivity index (χ1) is 26.8. The molecular weight excluding hydrogens is 762 g/mol. The minimum atomic E-state index is -3.86. The van der Waals surface area contributed by atoms with Gasteiger partial charge in [0.2, 0.25) is 10.0 Å². The zero-order valence-corrected chi connectivity index (χ0v) is 33.4. The molecule has 4 unspecified atom stereocenters. The van der Waals surface area contributed by atoms with Crippen LogP contribution in [0.4, 0.5) is 18.8 Å². The molecule has 3 aliphatic carbocycles. The highest BCUT2D eigenvalue weighted by molar-refractivity contribution is 7.91. The van der Waals surface area contributed by atoms with Crippen molar-refractivity contribution in [3.63, 3.8) is 0 Å². The first-order valence-electron chi connectivity index (χ1n) is 19.6. The van der Waals surface area contributed by atoms with Crippen molar-refractivity contribution in [1.82, 2.24) is 25.2 Å². The molecule has 1 aromatic carbocycles. The molecule has 3 saturated carbocycles. The molecule has 2 heterocycles. The summed E-state index contributed by atoms with van der Waals surface area (Å²) < 4.78 is 48.9. The molecule has 17 heteroatoms. The largest absolute Gasteiger partial charge is 0.465 e. The lowest BCUT2D eigenvalue weighted by Gasteiger charge is -2.27. The monoisotopic (exact) mass is 813 g/mol. The minimum Gasteiger partial charge on any atom is -0.465 e. The highest BCUT2D eigenvalue weighted by Gasteiger charge is 2.61. The molecule has 5 aliphatic rings. The number of nitrogens with zero attached hydrogens (tertiary/aromatic N) is 2. The summed E-state index contributed by atoms with van der Waals surface area (Å²) in [6.07, 6.45) is 7.79. The van der Waals surface area contributed by atoms with Gasteiger partial charge in [-0.3, -0.25) is 24.0 Å². The summed E-state index contributed by atoms with van der Waals surface area (Å²) in [4.78, 5) is 81.3. The van der Waals surface area contributed by atoms with E-state index in [-0.39, 0.29) is 54.8 Å². The summed E-state index contributed by atoms with van der Waals surface area (Å²) >= 11 is 0. The van der Waals surface area contributed by atoms with Gasteiger partial charge in [0.25, 0.3) is 5.91 Å². The van der Waals surface area contributed by atoms with Crippen LogP contribution in [-0.2, 0) is 35.7 Å². The molecule has 5 atom stereocenters. The van der Waals surface area contributed by atoms with Crippen molar-refractivity contribution in [2.24, 2.45) is 11.8 Å². The predicted octanol–water partition coefficient (Wildman–Crippen LogP) is 4.97. The van der Waals surface area contributed by atoms with Crippen LogP contribution in [0.5, 0.6) is 0 Å². The quantitative estimate of drug-likeness (QED) is 0.146. The Balaban J connectivity index is 1.17. The van der Waals surface area contributed by atoms with Crippen molar-refractivity contribution in [2.45, 2.75) is 126 Å². The van der Waals surface area contributed by atoms with Crippen LogP contribution in [0.25, 0.3) is 0 Å². The number of ether oxygens (including phenoxy) is 1. The van der Waals surface area contributed by atoms with Gasteiger partial charge in [-0.25, -0.2) is 27.2 Å². The Morgan fingerprint density at radius 3 is 2.37 bits per heavy atom. The van der Waals surface area contributed by atoms with Gasteiger partial charge in [0, 0.05) is 36.9 Å². The fraction of sp³-hybridized carbons (Fsp3) is 0.600. The second kappa shape index (κ2) is 16.2. The van der Waals surface area contributed by atoms with E-state index in [0.29, 0.717) is 25.2 Å². The van der Waals surface area contributed by atoms with Crippen LogP contribution in [0, 0.1) is 17.7 Å². The number of carbonyl (C=O) groups is 6. The van der Waals surface area contributed by atoms with Gasteiger partial charge in [-0.15, -0.1) is 6.58 Å². The van der Waals surface area contributed by atoms with Crippen LogP contribution in [0.3, 0.4) is 0 Å². The summed E-state index contributed by atoms with van der Waals surface area (Å²) in [5, 5.41) is 14.8. The molecule has 310 valence electrons. The van der Waals surface area contributed by atoms with Gasteiger partial charge in [-0.1, -0.05) is 37.1 Å². The van der Waals surface area contributed by atoms with Crippen molar-refractivity contribution in [3.8, 4) is 0 Å². The van der Waals surface area contributed by atoms with E-state index in [4.69, 9.17) is 4.74 Å². The van der Waals surface area contributed by atoms with Crippen molar-refractivity contribution in [3.05, 3.63) is 59.4 Å². The van der Waals surface area contributed by atoms with Gasteiger partial charge in [0.15, 0.2) is 11.6 Å². The van der Waals surface area contributed by atoms with E-state index < -0.39 is 92.6 Å². The van der Waals surface area contributed by atoms with Crippen molar-refractivity contribution >= 4 is 45.7 Å². The molecule has 6 rings (SSSR count). The van der Waals surface area contributed by atoms with Crippen molar-refractivity contribution in [2.75, 3.05) is 13.1 Å². The Hall–Kier alpha value is -4.80. The number of halogens is 1. The topological polar surface area (TPSA) is 209 Å². The number of ketones is 2. The van der Waals surface area contributed by atoms with Crippen LogP contribution in [0.15, 0.2) is 36.9 Å². The standard InChI is InChI=1S/C40H52FN5O10S/c1-5-25-20-40(25,35(49)44-57(54,55)27-13-14-27)43-36(50)45-19-18-24(21-45)28-15-16-29-30(32(28)41)22-46(38(52)53)33(29)34(48)31(42-37(51)56-39(2,3)4)17-12-26(47)11-10-23-8-6-7-9-23/h5,10-11,15-16,23-25,27,31,33H,1,6-9,12-14,17-22H2,2-4H3,(H,42,51)(H,43,50)(H,44,49)(H,52,53)/b11-10+/t24?,25?,31-,33?,40?/m0/s1. The minimum absolute atomic E-state index is 0.0120. The van der Waals surface area contributed by atoms with E-state index >= 15 is 4.39 Å². The maximum Gasteiger partial charge on any atom is 0.408 e. The molecule has 1 saturated heterocycles. The molecule has 0 radical (unpaired) electrons. The Kier molecular flexibility index (Phi) is 11.9. The highest BCUT2D eigenvalue weighted by atomic mass is 32.2. The third-order valence-corrected chi connectivity index (χ3v) is 13.4. The normalized spacial score (nSPS) is 25.2. The Morgan fingerprint density at radius 1 is 1.07 bits per heavy atom. The first-order valence-corrected chi connectivity index (χ1v) is 21.2. The molecule has 5 amide bonds. The fourth-order valence-corrected chi connectivity index (χ4v) is 9.54. The number of fused-ring (bicyclic) bond motifs is 1. The number of allylic oxidation sites excluding steroid dienone is 2. The first kappa shape index (κ1) is 41.8. The van der Waals surface area contributed by atoms with Gasteiger partial charge in [-0.05, 0) is 88.8 Å². The third kappa shape index (κ3) is 9.34. The number of carbonyl (C=O) groups excluding carboxylic acids is 5. The summed E-state index contributed by atoms with van der Waals surface area (Å²) in [6, 6.07) is -0.496. The van der Waals surface area contributed by atoms with Crippen LogP contribution < -0.4 is 15.4 Å². The molecule has 0 bridgehead atoms. The van der Waals surface area contributed by atoms with Crippen molar-refractivity contribution in [1.29, 1.82) is 0 Å². The second-order valence-corrected chi connectivity index (χ2v) is 18.9. The highest BCUT2D eigenvalue weighted by Crippen LogP contribution is 2.46. The average Bonchev–Trinajstić information content (AvgIpc) is 3.91. The summed E-state index contributed by atoms with van der Waals surface area (Å²) in [6.45, 7) is 8.42. The van der Waals surface area contributed by atoms with E-state index in [9.17, 15) is 42.3 Å². The van der Waals surface area contributed by atoms with E-state index in [2.05, 4.69) is 21.9 Å². The molecule has 1 aromatic rings. The lowest BCUT2D eigenvalue weighted by Crippen LogP contribution is -2.55. The number of carboxylic acid groups (broad SMARTS) is 1. The van der Waals surface area contributed by atoms with E-state index in [1.54, 1.807) is 20.8 Å². The van der Waals surface area contributed by atoms with Crippen LogP contribution in [0.2, 0.25) is 0 Å². The van der Waals surface area contributed by atoms with Gasteiger partial charge in [0.05, 0.1) is 17.8 Å². The number of rotatable bonds is 14. The van der Waals surface area contributed by atoms with Gasteiger partial charge >= 0.3 is 18.2 Å². The average molecular weight is 814 g/mol. The second-order valence-electron chi connectivity index (χ2n) is 16.9. The number of likely N-dealkylation sites (tertiary alicyclic amines) is 1. The van der Waals surface area contributed by atoms with Crippen molar-refractivity contribution < 1.29 is 51.4 Å². The lowest BCUT2D eigenvalue weighted by atomic mass is 9.90. The molecule has 4 fully saturated rings. The smallest absolute Gasteiger partial charge is 0.408 e. The number of alkyl carbamates (subject to hydrolysis) is 1. The van der Waals surface area contributed by atoms with Crippen LogP contribution in [-0.4, -0.2) is 94.5 Å². The number of urea groups is 1. The summed E-state index contributed by atoms with van der Waals surface area (Å²) in [7, 11) is -3.86. The number of benzene rings is 1. The molecular formula is C40H52FN5O10S. The predicted molar refractivity (Wildman–Crippen MR) is 205 cm³/mol. The number of sulfonamides is 1. The summed E-state index contributed by atoms with van der Waals surface area (Å²) in [5.74, 6) is -3.23. The molecule has 4 N–H and O–H groups in total. The molecule has 15 nitrogen and oxygen atoms in total. The SMILES string of the molecule is C=CC1CC1(NC(=O)N1CCC(c2ccc3c(c2F)CN(C(=O)O)C3C(=O)[C@H](CCC(=O)/C=C/C2CCCC2)NC(=O)OC(C)(C)C)C1)C(=O)NS(=O)(=O)C1CC1. The third-order valence-electron chi connectivity index (χ3n) is 11.6. The number of nitrogens with one attached hydrogen (secondary N) is 3. The number of hydrogen-bond acceptors (Lipinski definition) is 9. The lowest BCUT2D eigenvalue weighted by molar-refractivity contribution is -0.126. The molecule has 57 heavy (non-hydrogen) atoms. The molecule has 0 spiro atoms. The van der Waals surface area contributed by atoms with Gasteiger partial charge in [-0.2, -0.15) is 0 Å². The Bertz CT molecular complexity index is 1970. The number of Topliss-reactive ketones (excluding diaryl/α,β-unsaturated/α-hetero) is 1. The maximum absolute atomic E-state index is 16.5. The fourth-order valence-electron chi connectivity index (χ4n) is 8.17.